The lowest BCUT2D eigenvalue weighted by Crippen LogP contribution is -2.37. The topological polar surface area (TPSA) is 26.3 Å². The quantitative estimate of drug-likeness (QED) is 0.336. The summed E-state index contributed by atoms with van der Waals surface area (Å²) in [5.74, 6) is -13.7. The SMILES string of the molecule is O=C=C(c1c(F)c(F)c(F)c(F)c1F)C(OCC(F)(F)F)C(F)(F)F. The van der Waals surface area contributed by atoms with Crippen LogP contribution in [-0.2, 0) is 9.53 Å². The molecule has 0 aliphatic carbocycles. The highest BCUT2D eigenvalue weighted by Gasteiger charge is 2.48. The van der Waals surface area contributed by atoms with Crippen LogP contribution in [0.2, 0.25) is 0 Å². The Morgan fingerprint density at radius 2 is 1.24 bits per heavy atom. The van der Waals surface area contributed by atoms with Gasteiger partial charge in [-0.05, 0) is 0 Å². The van der Waals surface area contributed by atoms with Crippen molar-refractivity contribution in [2.75, 3.05) is 6.61 Å². The fraction of sp³-hybridized carbons (Fsp3) is 0.333. The third-order valence-corrected chi connectivity index (χ3v) is 2.56. The molecule has 13 heteroatoms. The Morgan fingerprint density at radius 3 is 1.56 bits per heavy atom. The fourth-order valence-corrected chi connectivity index (χ4v) is 1.60. The Morgan fingerprint density at radius 1 is 0.840 bits per heavy atom. The summed E-state index contributed by atoms with van der Waals surface area (Å²) >= 11 is 0. The zero-order valence-electron chi connectivity index (χ0n) is 11.3. The molecule has 0 bridgehead atoms. The molecule has 2 nitrogen and oxygen atoms in total. The van der Waals surface area contributed by atoms with Gasteiger partial charge in [0.25, 0.3) is 0 Å². The average molecular weight is 388 g/mol. The Bertz CT molecular complexity index is 684. The van der Waals surface area contributed by atoms with Crippen LogP contribution in [0.5, 0.6) is 0 Å². The first-order valence-corrected chi connectivity index (χ1v) is 5.74. The van der Waals surface area contributed by atoms with Crippen LogP contribution in [0.4, 0.5) is 48.3 Å². The van der Waals surface area contributed by atoms with E-state index in [1.807, 2.05) is 0 Å². The molecule has 0 saturated heterocycles. The van der Waals surface area contributed by atoms with Gasteiger partial charge in [-0.25, -0.2) is 26.7 Å². The third kappa shape index (κ3) is 4.48. The molecule has 0 spiro atoms. The Balaban J connectivity index is 3.58. The van der Waals surface area contributed by atoms with E-state index in [1.165, 1.54) is 0 Å². The average Bonchev–Trinajstić information content (AvgIpc) is 2.47. The van der Waals surface area contributed by atoms with Crippen LogP contribution in [0.1, 0.15) is 5.56 Å². The standard InChI is InChI=1S/C12H3F11O2/c13-5-4(6(14)8(16)9(17)7(5)15)3(1-24)10(12(21,22)23)25-2-11(18,19)20/h10H,2H2. The summed E-state index contributed by atoms with van der Waals surface area (Å²) < 4.78 is 144. The first kappa shape index (κ1) is 20.9. The van der Waals surface area contributed by atoms with Crippen LogP contribution in [0.15, 0.2) is 0 Å². The molecular formula is C12H3F11O2. The second-order valence-electron chi connectivity index (χ2n) is 4.31. The summed E-state index contributed by atoms with van der Waals surface area (Å²) in [6, 6.07) is 0. The van der Waals surface area contributed by atoms with E-state index < -0.39 is 65.3 Å². The van der Waals surface area contributed by atoms with E-state index in [-0.39, 0.29) is 5.94 Å². The van der Waals surface area contributed by atoms with Gasteiger partial charge in [-0.15, -0.1) is 0 Å². The zero-order chi connectivity index (χ0) is 19.7. The van der Waals surface area contributed by atoms with Crippen LogP contribution < -0.4 is 0 Å². The molecule has 0 aliphatic rings. The molecule has 0 aliphatic heterocycles. The summed E-state index contributed by atoms with van der Waals surface area (Å²) in [5.41, 5.74) is -4.76. The van der Waals surface area contributed by atoms with Gasteiger partial charge in [0.2, 0.25) is 5.82 Å². The number of hydrogen-bond acceptors (Lipinski definition) is 2. The van der Waals surface area contributed by atoms with Gasteiger partial charge in [0, 0.05) is 0 Å². The van der Waals surface area contributed by atoms with Crippen LogP contribution in [0.25, 0.3) is 5.57 Å². The second kappa shape index (κ2) is 7.00. The Hall–Kier alpha value is -2.14. The zero-order valence-corrected chi connectivity index (χ0v) is 11.3. The first-order chi connectivity index (χ1) is 11.2. The van der Waals surface area contributed by atoms with E-state index >= 15 is 0 Å². The van der Waals surface area contributed by atoms with Crippen LogP contribution >= 0.6 is 0 Å². The maximum Gasteiger partial charge on any atom is 0.419 e. The van der Waals surface area contributed by atoms with E-state index in [0.29, 0.717) is 0 Å². The number of carbonyl (C=O) groups excluding carboxylic acids is 1. The molecule has 0 N–H and O–H groups in total. The van der Waals surface area contributed by atoms with E-state index in [4.69, 9.17) is 0 Å². The smallest absolute Gasteiger partial charge is 0.354 e. The number of rotatable bonds is 4. The van der Waals surface area contributed by atoms with Crippen molar-refractivity contribution >= 4 is 11.5 Å². The van der Waals surface area contributed by atoms with E-state index in [9.17, 15) is 53.1 Å². The van der Waals surface area contributed by atoms with Crippen molar-refractivity contribution in [2.24, 2.45) is 0 Å². The molecule has 0 heterocycles. The first-order valence-electron chi connectivity index (χ1n) is 5.74. The third-order valence-electron chi connectivity index (χ3n) is 2.56. The summed E-state index contributed by atoms with van der Waals surface area (Å²) in [4.78, 5) is 10.6. The molecule has 0 aromatic heterocycles. The van der Waals surface area contributed by atoms with Gasteiger partial charge in [0.05, 0.1) is 11.1 Å². The normalized spacial score (nSPS) is 13.6. The molecule has 1 rings (SSSR count). The number of halogens is 11. The highest BCUT2D eigenvalue weighted by molar-refractivity contribution is 5.90. The minimum Gasteiger partial charge on any atom is -0.354 e. The van der Waals surface area contributed by atoms with Crippen molar-refractivity contribution in [1.82, 2.24) is 0 Å². The summed E-state index contributed by atoms with van der Waals surface area (Å²) in [5, 5.41) is 0. The largest absolute Gasteiger partial charge is 0.419 e. The molecule has 0 fully saturated rings. The molecule has 1 aromatic carbocycles. The van der Waals surface area contributed by atoms with Crippen LogP contribution in [0, 0.1) is 29.1 Å². The van der Waals surface area contributed by atoms with Crippen molar-refractivity contribution < 1.29 is 57.8 Å². The molecular weight excluding hydrogens is 385 g/mol. The minimum absolute atomic E-state index is 0.235. The van der Waals surface area contributed by atoms with Crippen molar-refractivity contribution in [2.45, 2.75) is 18.5 Å². The van der Waals surface area contributed by atoms with Gasteiger partial charge in [0.15, 0.2) is 29.4 Å². The molecule has 1 atom stereocenters. The number of hydrogen-bond donors (Lipinski definition) is 0. The Labute approximate surface area is 130 Å². The van der Waals surface area contributed by atoms with E-state index in [1.54, 1.807) is 0 Å². The van der Waals surface area contributed by atoms with Crippen molar-refractivity contribution in [3.63, 3.8) is 0 Å². The van der Waals surface area contributed by atoms with E-state index in [2.05, 4.69) is 4.74 Å². The van der Waals surface area contributed by atoms with Gasteiger partial charge in [0.1, 0.15) is 12.5 Å². The molecule has 140 valence electrons. The molecule has 0 amide bonds. The lowest BCUT2D eigenvalue weighted by molar-refractivity contribution is -0.238. The summed E-state index contributed by atoms with van der Waals surface area (Å²) in [6.45, 7) is -2.63. The van der Waals surface area contributed by atoms with Crippen molar-refractivity contribution in [1.29, 1.82) is 0 Å². The van der Waals surface area contributed by atoms with Gasteiger partial charge in [-0.3, -0.25) is 0 Å². The minimum atomic E-state index is -5.86. The maximum absolute atomic E-state index is 13.5. The fourth-order valence-electron chi connectivity index (χ4n) is 1.60. The van der Waals surface area contributed by atoms with Gasteiger partial charge >= 0.3 is 12.4 Å². The molecule has 1 unspecified atom stereocenters. The van der Waals surface area contributed by atoms with Gasteiger partial charge in [-0.1, -0.05) is 0 Å². The molecule has 0 saturated carbocycles. The maximum atomic E-state index is 13.5. The predicted octanol–water partition coefficient (Wildman–Crippen LogP) is 4.11. The molecule has 0 radical (unpaired) electrons. The van der Waals surface area contributed by atoms with Crippen molar-refractivity contribution in [3.8, 4) is 0 Å². The summed E-state index contributed by atoms with van der Waals surface area (Å²) in [7, 11) is 0. The second-order valence-corrected chi connectivity index (χ2v) is 4.31. The highest BCUT2D eigenvalue weighted by Crippen LogP contribution is 2.37. The summed E-state index contributed by atoms with van der Waals surface area (Å²) in [6.07, 6.45) is -15.2. The predicted molar refractivity (Wildman–Crippen MR) is 57.2 cm³/mol. The van der Waals surface area contributed by atoms with Gasteiger partial charge in [-0.2, -0.15) is 26.3 Å². The highest BCUT2D eigenvalue weighted by atomic mass is 19.4. The molecule has 25 heavy (non-hydrogen) atoms. The Kier molecular flexibility index (Phi) is 5.85. The van der Waals surface area contributed by atoms with Crippen LogP contribution in [-0.4, -0.2) is 31.0 Å². The van der Waals surface area contributed by atoms with E-state index in [0.717, 1.165) is 0 Å². The van der Waals surface area contributed by atoms with Gasteiger partial charge < -0.3 is 4.74 Å². The monoisotopic (exact) mass is 388 g/mol. The lowest BCUT2D eigenvalue weighted by Gasteiger charge is -2.23. The number of benzene rings is 1. The number of ether oxygens (including phenoxy) is 1. The molecule has 1 aromatic rings. The van der Waals surface area contributed by atoms with Crippen LogP contribution in [0.3, 0.4) is 0 Å². The van der Waals surface area contributed by atoms with Crippen molar-refractivity contribution in [3.05, 3.63) is 34.6 Å². The lowest BCUT2D eigenvalue weighted by atomic mass is 9.99. The number of alkyl halides is 6.